The molecule has 6 heteroatoms. The molecule has 5 aromatic rings. The average molecular weight is 486 g/mol. The molecule has 1 amide bonds. The third kappa shape index (κ3) is 3.93. The van der Waals surface area contributed by atoms with Crippen LogP contribution in [-0.4, -0.2) is 33.2 Å². The number of carbonyl (C=O) groups excluding carboxylic acids is 3. The Hall–Kier alpha value is -4.84. The summed E-state index contributed by atoms with van der Waals surface area (Å²) in [5.41, 5.74) is 2.98. The third-order valence-electron chi connectivity index (χ3n) is 6.92. The normalized spacial score (nSPS) is 18.8. The van der Waals surface area contributed by atoms with Crippen LogP contribution in [0.3, 0.4) is 0 Å². The van der Waals surface area contributed by atoms with Crippen LogP contribution in [0.5, 0.6) is 0 Å². The van der Waals surface area contributed by atoms with Gasteiger partial charge in [-0.1, -0.05) is 91.0 Å². The highest BCUT2D eigenvalue weighted by Gasteiger charge is 2.49. The van der Waals surface area contributed by atoms with E-state index in [2.05, 4.69) is 5.32 Å². The minimum absolute atomic E-state index is 0.155. The maximum atomic E-state index is 14.2. The highest BCUT2D eigenvalue weighted by molar-refractivity contribution is 6.07. The van der Waals surface area contributed by atoms with E-state index in [9.17, 15) is 14.4 Å². The van der Waals surface area contributed by atoms with E-state index in [1.165, 1.54) is 4.57 Å². The zero-order valence-electron chi connectivity index (χ0n) is 19.8. The van der Waals surface area contributed by atoms with Crippen molar-refractivity contribution in [2.45, 2.75) is 17.9 Å². The number of benzene rings is 4. The molecule has 6 rings (SSSR count). The number of hydrogen-bond acceptors (Lipinski definition) is 4. The first-order valence-corrected chi connectivity index (χ1v) is 12.1. The molecule has 0 radical (unpaired) electrons. The van der Waals surface area contributed by atoms with Crippen LogP contribution in [0, 0.1) is 0 Å². The van der Waals surface area contributed by atoms with Crippen molar-refractivity contribution < 1.29 is 14.4 Å². The van der Waals surface area contributed by atoms with Crippen molar-refractivity contribution in [3.8, 4) is 0 Å². The Kier molecular flexibility index (Phi) is 5.69. The molecule has 0 aliphatic carbocycles. The summed E-state index contributed by atoms with van der Waals surface area (Å²) in [6.45, 7) is 0. The van der Waals surface area contributed by atoms with Gasteiger partial charge in [0.2, 0.25) is 0 Å². The van der Waals surface area contributed by atoms with Gasteiger partial charge in [0.1, 0.15) is 11.9 Å². The van der Waals surface area contributed by atoms with Crippen LogP contribution in [0.15, 0.2) is 115 Å². The molecule has 1 aromatic heterocycles. The van der Waals surface area contributed by atoms with E-state index in [4.69, 9.17) is 4.98 Å². The number of aromatic nitrogens is 2. The molecule has 0 unspecified atom stereocenters. The lowest BCUT2D eigenvalue weighted by Gasteiger charge is -2.37. The first kappa shape index (κ1) is 22.6. The van der Waals surface area contributed by atoms with E-state index >= 15 is 0 Å². The fraction of sp³-hybridized carbons (Fsp3) is 0.0968. The third-order valence-corrected chi connectivity index (χ3v) is 6.92. The standard InChI is InChI=1S/C31H23N3O3/c35-28(21-14-6-2-7-15-21)26-25(20-12-4-1-5-13-20)27(33-30(36)22-16-8-3-9-17-22)31(37)34-24-19-11-10-18-23(24)32-29(26)34/h1-19,25-27H,(H,33,36)/t25-,26-,27+/m1/s1. The lowest BCUT2D eigenvalue weighted by atomic mass is 9.74. The SMILES string of the molecule is O=C(N[C@@H]1C(=O)n2c(nc3ccccc32)[C@@H](C(=O)c2ccccc2)[C@H]1c1ccccc1)c1ccccc1. The number of imidazole rings is 1. The van der Waals surface area contributed by atoms with Crippen LogP contribution in [-0.2, 0) is 0 Å². The molecule has 0 spiro atoms. The minimum atomic E-state index is -0.988. The van der Waals surface area contributed by atoms with E-state index in [0.29, 0.717) is 28.0 Å². The lowest BCUT2D eigenvalue weighted by Crippen LogP contribution is -2.53. The first-order valence-electron chi connectivity index (χ1n) is 12.1. The summed E-state index contributed by atoms with van der Waals surface area (Å²) in [5, 5.41) is 2.98. The Balaban J connectivity index is 1.57. The van der Waals surface area contributed by atoms with E-state index in [1.807, 2.05) is 78.9 Å². The number of carbonyl (C=O) groups is 3. The van der Waals surface area contributed by atoms with Crippen molar-refractivity contribution in [1.29, 1.82) is 0 Å². The molecule has 1 aliphatic heterocycles. The van der Waals surface area contributed by atoms with Gasteiger partial charge in [-0.3, -0.25) is 19.0 Å². The zero-order chi connectivity index (χ0) is 25.4. The van der Waals surface area contributed by atoms with Crippen molar-refractivity contribution in [3.63, 3.8) is 0 Å². The Bertz CT molecular complexity index is 1610. The average Bonchev–Trinajstić information content (AvgIpc) is 3.35. The summed E-state index contributed by atoms with van der Waals surface area (Å²) in [4.78, 5) is 46.4. The highest BCUT2D eigenvalue weighted by atomic mass is 16.2. The van der Waals surface area contributed by atoms with Gasteiger partial charge in [0.25, 0.3) is 11.8 Å². The summed E-state index contributed by atoms with van der Waals surface area (Å²) in [6.07, 6.45) is 0. The quantitative estimate of drug-likeness (QED) is 0.345. The molecule has 0 fully saturated rings. The maximum Gasteiger partial charge on any atom is 0.255 e. The highest BCUT2D eigenvalue weighted by Crippen LogP contribution is 2.43. The van der Waals surface area contributed by atoms with E-state index in [-0.39, 0.29) is 17.6 Å². The monoisotopic (exact) mass is 485 g/mol. The van der Waals surface area contributed by atoms with Crippen molar-refractivity contribution in [2.75, 3.05) is 0 Å². The number of amides is 1. The fourth-order valence-corrected chi connectivity index (χ4v) is 5.22. The van der Waals surface area contributed by atoms with Gasteiger partial charge < -0.3 is 5.32 Å². The second-order valence-electron chi connectivity index (χ2n) is 9.09. The second kappa shape index (κ2) is 9.32. The number of para-hydroxylation sites is 2. The number of Topliss-reactive ketones (excluding diaryl/α,β-unsaturated/α-hetero) is 1. The van der Waals surface area contributed by atoms with E-state index < -0.39 is 17.9 Å². The summed E-state index contributed by atoms with van der Waals surface area (Å²) in [5.74, 6) is -1.91. The molecule has 3 atom stereocenters. The molecular weight excluding hydrogens is 462 g/mol. The number of nitrogens with one attached hydrogen (secondary N) is 1. The van der Waals surface area contributed by atoms with E-state index in [1.54, 1.807) is 36.4 Å². The Labute approximate surface area is 213 Å². The summed E-state index contributed by atoms with van der Waals surface area (Å²) in [7, 11) is 0. The Morgan fingerprint density at radius 1 is 0.703 bits per heavy atom. The van der Waals surface area contributed by atoms with Gasteiger partial charge in [-0.2, -0.15) is 0 Å². The fourth-order valence-electron chi connectivity index (χ4n) is 5.22. The molecule has 4 aromatic carbocycles. The van der Waals surface area contributed by atoms with Crippen molar-refractivity contribution in [2.24, 2.45) is 0 Å². The van der Waals surface area contributed by atoms with Crippen molar-refractivity contribution >= 4 is 28.6 Å². The largest absolute Gasteiger partial charge is 0.340 e. The molecule has 0 saturated carbocycles. The predicted octanol–water partition coefficient (Wildman–Crippen LogP) is 5.24. The van der Waals surface area contributed by atoms with Crippen LogP contribution >= 0.6 is 0 Å². The maximum absolute atomic E-state index is 14.2. The summed E-state index contributed by atoms with van der Waals surface area (Å²) >= 11 is 0. The molecule has 180 valence electrons. The Morgan fingerprint density at radius 3 is 1.95 bits per heavy atom. The second-order valence-corrected chi connectivity index (χ2v) is 9.09. The molecule has 2 heterocycles. The topological polar surface area (TPSA) is 81.1 Å². The molecule has 0 bridgehead atoms. The summed E-state index contributed by atoms with van der Waals surface area (Å²) in [6, 6.07) is 33.5. The molecule has 6 nitrogen and oxygen atoms in total. The van der Waals surface area contributed by atoms with Gasteiger partial charge in [0.05, 0.1) is 17.0 Å². The first-order chi connectivity index (χ1) is 18.1. The molecule has 0 saturated heterocycles. The smallest absolute Gasteiger partial charge is 0.255 e. The van der Waals surface area contributed by atoms with Crippen LogP contribution < -0.4 is 5.32 Å². The van der Waals surface area contributed by atoms with Gasteiger partial charge in [-0.15, -0.1) is 0 Å². The minimum Gasteiger partial charge on any atom is -0.340 e. The lowest BCUT2D eigenvalue weighted by molar-refractivity contribution is 0.0727. The van der Waals surface area contributed by atoms with Gasteiger partial charge >= 0.3 is 0 Å². The number of rotatable bonds is 5. The Morgan fingerprint density at radius 2 is 1.27 bits per heavy atom. The van der Waals surface area contributed by atoms with Gasteiger partial charge in [-0.05, 0) is 29.8 Å². The van der Waals surface area contributed by atoms with Gasteiger partial charge in [0.15, 0.2) is 5.78 Å². The van der Waals surface area contributed by atoms with Gasteiger partial charge in [-0.25, -0.2) is 4.98 Å². The van der Waals surface area contributed by atoms with Crippen LogP contribution in [0.25, 0.3) is 11.0 Å². The number of fused-ring (bicyclic) bond motifs is 3. The summed E-state index contributed by atoms with van der Waals surface area (Å²) < 4.78 is 1.51. The van der Waals surface area contributed by atoms with E-state index in [0.717, 1.165) is 5.56 Å². The molecule has 1 aliphatic rings. The van der Waals surface area contributed by atoms with Crippen molar-refractivity contribution in [1.82, 2.24) is 14.9 Å². The molecule has 37 heavy (non-hydrogen) atoms. The van der Waals surface area contributed by atoms with Crippen LogP contribution in [0.4, 0.5) is 0 Å². The van der Waals surface area contributed by atoms with Crippen LogP contribution in [0.1, 0.15) is 48.7 Å². The molecule has 1 N–H and O–H groups in total. The zero-order valence-corrected chi connectivity index (χ0v) is 19.8. The van der Waals surface area contributed by atoms with Crippen molar-refractivity contribution in [3.05, 3.63) is 138 Å². The van der Waals surface area contributed by atoms with Gasteiger partial charge in [0, 0.05) is 17.0 Å². The number of ketones is 1. The predicted molar refractivity (Wildman–Crippen MR) is 141 cm³/mol. The number of nitrogens with zero attached hydrogens (tertiary/aromatic N) is 2. The number of hydrogen-bond donors (Lipinski definition) is 1. The molecular formula is C31H23N3O3. The van der Waals surface area contributed by atoms with Crippen LogP contribution in [0.2, 0.25) is 0 Å².